The number of anilines is 1. The van der Waals surface area contributed by atoms with Crippen LogP contribution in [-0.4, -0.2) is 33.3 Å². The minimum Gasteiger partial charge on any atom is -0.468 e. The Morgan fingerprint density at radius 2 is 2.14 bits per heavy atom. The highest BCUT2D eigenvalue weighted by molar-refractivity contribution is 6.30. The van der Waals surface area contributed by atoms with Gasteiger partial charge in [0.05, 0.1) is 7.11 Å². The molecule has 2 unspecified atom stereocenters. The maximum atomic E-state index is 12.1. The molecule has 2 heterocycles. The van der Waals surface area contributed by atoms with Crippen LogP contribution in [0.25, 0.3) is 0 Å². The molecule has 21 heavy (non-hydrogen) atoms. The summed E-state index contributed by atoms with van der Waals surface area (Å²) in [7, 11) is 1.34. The molecule has 108 valence electrons. The van der Waals surface area contributed by atoms with Crippen LogP contribution in [0, 0.1) is 5.92 Å². The summed E-state index contributed by atoms with van der Waals surface area (Å²) in [5.41, 5.74) is 1.33. The molecule has 7 nitrogen and oxygen atoms in total. The Labute approximate surface area is 125 Å². The third kappa shape index (κ3) is 2.25. The fourth-order valence-corrected chi connectivity index (χ4v) is 2.53. The fourth-order valence-electron chi connectivity index (χ4n) is 2.41. The molecule has 0 aliphatic carbocycles. The van der Waals surface area contributed by atoms with Crippen molar-refractivity contribution in [3.05, 3.63) is 47.1 Å². The average molecular weight is 306 g/mol. The van der Waals surface area contributed by atoms with Gasteiger partial charge in [0, 0.05) is 10.7 Å². The quantitative estimate of drug-likeness (QED) is 0.850. The standard InChI is InChI=1S/C13H12ClN5O2/c1-7-10(12(20)21-2)11(8-3-5-9(14)6-4-8)19-13(15-7)16-17-18-19/h3-6,10-11H,1H2,2H3,(H,15,16,18). The van der Waals surface area contributed by atoms with E-state index in [1.54, 1.807) is 16.8 Å². The lowest BCUT2D eigenvalue weighted by atomic mass is 9.89. The summed E-state index contributed by atoms with van der Waals surface area (Å²) in [6.45, 7) is 3.89. The van der Waals surface area contributed by atoms with Crippen molar-refractivity contribution in [3.63, 3.8) is 0 Å². The molecule has 1 aromatic carbocycles. The molecule has 1 aromatic heterocycles. The van der Waals surface area contributed by atoms with Crippen LogP contribution < -0.4 is 5.32 Å². The predicted octanol–water partition coefficient (Wildman–Crippen LogP) is 1.64. The Bertz CT molecular complexity index is 697. The lowest BCUT2D eigenvalue weighted by molar-refractivity contribution is -0.145. The van der Waals surface area contributed by atoms with Crippen molar-refractivity contribution in [2.75, 3.05) is 12.4 Å². The minimum atomic E-state index is -0.632. The van der Waals surface area contributed by atoms with Gasteiger partial charge in [-0.3, -0.25) is 4.79 Å². The van der Waals surface area contributed by atoms with Crippen LogP contribution >= 0.6 is 11.6 Å². The first-order valence-corrected chi connectivity index (χ1v) is 6.56. The first kappa shape index (κ1) is 13.6. The van der Waals surface area contributed by atoms with E-state index in [0.717, 1.165) is 5.56 Å². The fraction of sp³-hybridized carbons (Fsp3) is 0.231. The van der Waals surface area contributed by atoms with E-state index in [-0.39, 0.29) is 0 Å². The van der Waals surface area contributed by atoms with E-state index in [2.05, 4.69) is 27.4 Å². The number of carbonyl (C=O) groups is 1. The second-order valence-corrected chi connectivity index (χ2v) is 5.03. The number of esters is 1. The van der Waals surface area contributed by atoms with E-state index in [0.29, 0.717) is 16.7 Å². The molecular weight excluding hydrogens is 294 g/mol. The zero-order chi connectivity index (χ0) is 15.0. The monoisotopic (exact) mass is 305 g/mol. The van der Waals surface area contributed by atoms with Crippen LogP contribution in [-0.2, 0) is 9.53 Å². The predicted molar refractivity (Wildman–Crippen MR) is 75.7 cm³/mol. The summed E-state index contributed by atoms with van der Waals surface area (Å²) in [5, 5.41) is 15.0. The number of halogens is 1. The summed E-state index contributed by atoms with van der Waals surface area (Å²) in [4.78, 5) is 12.1. The topological polar surface area (TPSA) is 81.9 Å². The summed E-state index contributed by atoms with van der Waals surface area (Å²) in [6.07, 6.45) is 0. The molecule has 0 saturated heterocycles. The molecule has 0 bridgehead atoms. The van der Waals surface area contributed by atoms with Gasteiger partial charge in [-0.15, -0.1) is 0 Å². The van der Waals surface area contributed by atoms with E-state index in [9.17, 15) is 4.79 Å². The van der Waals surface area contributed by atoms with E-state index in [4.69, 9.17) is 16.3 Å². The van der Waals surface area contributed by atoms with Crippen LogP contribution in [0.1, 0.15) is 11.6 Å². The second kappa shape index (κ2) is 5.17. The molecule has 0 amide bonds. The van der Waals surface area contributed by atoms with Gasteiger partial charge in [-0.1, -0.05) is 35.4 Å². The SMILES string of the molecule is C=C1Nc2nnnn2C(c2ccc(Cl)cc2)C1C(=O)OC. The first-order valence-electron chi connectivity index (χ1n) is 6.19. The van der Waals surface area contributed by atoms with Crippen LogP contribution in [0.15, 0.2) is 36.5 Å². The largest absolute Gasteiger partial charge is 0.468 e. The maximum absolute atomic E-state index is 12.1. The molecule has 2 atom stereocenters. The molecule has 1 aliphatic rings. The van der Waals surface area contributed by atoms with Crippen LogP contribution in [0.3, 0.4) is 0 Å². The lowest BCUT2D eigenvalue weighted by Gasteiger charge is -2.32. The van der Waals surface area contributed by atoms with Gasteiger partial charge < -0.3 is 10.1 Å². The highest BCUT2D eigenvalue weighted by Gasteiger charge is 2.40. The molecule has 1 aliphatic heterocycles. The van der Waals surface area contributed by atoms with Crippen molar-refractivity contribution in [2.24, 2.45) is 5.92 Å². The molecule has 8 heteroatoms. The lowest BCUT2D eigenvalue weighted by Crippen LogP contribution is -2.37. The molecule has 0 fully saturated rings. The van der Waals surface area contributed by atoms with Crippen LogP contribution in [0.5, 0.6) is 0 Å². The third-order valence-corrected chi connectivity index (χ3v) is 3.64. The number of ether oxygens (including phenoxy) is 1. The van der Waals surface area contributed by atoms with Gasteiger partial charge in [0.1, 0.15) is 12.0 Å². The van der Waals surface area contributed by atoms with Crippen LogP contribution in [0.2, 0.25) is 5.02 Å². The highest BCUT2D eigenvalue weighted by atomic mass is 35.5. The summed E-state index contributed by atoms with van der Waals surface area (Å²) >= 11 is 5.92. The van der Waals surface area contributed by atoms with Gasteiger partial charge in [-0.2, -0.15) is 0 Å². The van der Waals surface area contributed by atoms with E-state index in [1.807, 2.05) is 12.1 Å². The van der Waals surface area contributed by atoms with Gasteiger partial charge in [-0.25, -0.2) is 4.68 Å². The van der Waals surface area contributed by atoms with Crippen molar-refractivity contribution in [3.8, 4) is 0 Å². The van der Waals surface area contributed by atoms with Gasteiger partial charge in [-0.05, 0) is 28.1 Å². The summed E-state index contributed by atoms with van der Waals surface area (Å²) in [6, 6.07) is 6.72. The van der Waals surface area contributed by atoms with Gasteiger partial charge in [0.2, 0.25) is 5.95 Å². The molecule has 0 radical (unpaired) electrons. The Kier molecular flexibility index (Phi) is 3.34. The number of hydrogen-bond acceptors (Lipinski definition) is 6. The Hall–Kier alpha value is -2.41. The van der Waals surface area contributed by atoms with Gasteiger partial charge in [0.25, 0.3) is 0 Å². The zero-order valence-electron chi connectivity index (χ0n) is 11.2. The smallest absolute Gasteiger partial charge is 0.317 e. The molecule has 1 N–H and O–H groups in total. The number of tetrazole rings is 1. The summed E-state index contributed by atoms with van der Waals surface area (Å²) < 4.78 is 6.42. The normalized spacial score (nSPS) is 20.6. The highest BCUT2D eigenvalue weighted by Crippen LogP contribution is 2.37. The average Bonchev–Trinajstić information content (AvgIpc) is 2.94. The molecular formula is C13H12ClN5O2. The Morgan fingerprint density at radius 1 is 1.43 bits per heavy atom. The Morgan fingerprint density at radius 3 is 2.81 bits per heavy atom. The zero-order valence-corrected chi connectivity index (χ0v) is 11.9. The molecule has 0 saturated carbocycles. The van der Waals surface area contributed by atoms with Crippen molar-refractivity contribution >= 4 is 23.5 Å². The number of benzene rings is 1. The van der Waals surface area contributed by atoms with Crippen LogP contribution in [0.4, 0.5) is 5.95 Å². The minimum absolute atomic E-state index is 0.409. The second-order valence-electron chi connectivity index (χ2n) is 4.59. The number of carbonyl (C=O) groups excluding carboxylic acids is 1. The van der Waals surface area contributed by atoms with E-state index in [1.165, 1.54) is 7.11 Å². The van der Waals surface area contributed by atoms with Crippen molar-refractivity contribution in [1.29, 1.82) is 0 Å². The third-order valence-electron chi connectivity index (χ3n) is 3.39. The maximum Gasteiger partial charge on any atom is 0.317 e. The Balaban J connectivity index is 2.13. The van der Waals surface area contributed by atoms with Gasteiger partial charge in [0.15, 0.2) is 0 Å². The van der Waals surface area contributed by atoms with Gasteiger partial charge >= 0.3 is 5.97 Å². The number of nitrogens with one attached hydrogen (secondary N) is 1. The number of rotatable bonds is 2. The number of nitrogens with zero attached hydrogens (tertiary/aromatic N) is 4. The van der Waals surface area contributed by atoms with E-state index >= 15 is 0 Å². The van der Waals surface area contributed by atoms with E-state index < -0.39 is 17.9 Å². The summed E-state index contributed by atoms with van der Waals surface area (Å²) in [5.74, 6) is -0.610. The number of methoxy groups -OCH3 is 1. The number of fused-ring (bicyclic) bond motifs is 1. The number of hydrogen-bond donors (Lipinski definition) is 1. The first-order chi connectivity index (χ1) is 10.1. The molecule has 2 aromatic rings. The van der Waals surface area contributed by atoms with Crippen molar-refractivity contribution in [2.45, 2.75) is 6.04 Å². The molecule has 3 rings (SSSR count). The molecule has 0 spiro atoms. The van der Waals surface area contributed by atoms with Crippen molar-refractivity contribution < 1.29 is 9.53 Å². The van der Waals surface area contributed by atoms with Crippen molar-refractivity contribution in [1.82, 2.24) is 20.2 Å². The number of aromatic nitrogens is 4.